The van der Waals surface area contributed by atoms with Crippen LogP contribution in [-0.2, 0) is 11.3 Å². The molecule has 0 unspecified atom stereocenters. The minimum Gasteiger partial charge on any atom is -0.496 e. The summed E-state index contributed by atoms with van der Waals surface area (Å²) in [5, 5.41) is 3.01. The summed E-state index contributed by atoms with van der Waals surface area (Å²) in [6.45, 7) is 3.25. The van der Waals surface area contributed by atoms with E-state index in [2.05, 4.69) is 15.2 Å². The molecule has 1 saturated heterocycles. The van der Waals surface area contributed by atoms with Crippen molar-refractivity contribution in [3.8, 4) is 16.7 Å². The lowest BCUT2D eigenvalue weighted by Gasteiger charge is -2.29. The van der Waals surface area contributed by atoms with E-state index in [0.29, 0.717) is 30.2 Å². The predicted octanol–water partition coefficient (Wildman–Crippen LogP) is 3.44. The summed E-state index contributed by atoms with van der Waals surface area (Å²) in [6.07, 6.45) is -0.577. The molecule has 4 rings (SSSR count). The molecule has 158 valence electrons. The van der Waals surface area contributed by atoms with Gasteiger partial charge in [-0.05, 0) is 18.2 Å². The number of nitrogens with zero attached hydrogens (tertiary/aromatic N) is 2. The number of fused-ring (bicyclic) bond motifs is 1. The van der Waals surface area contributed by atoms with Crippen LogP contribution in [0.5, 0.6) is 16.7 Å². The molecular formula is C21H23N3O5S. The van der Waals surface area contributed by atoms with Crippen LogP contribution in [0.2, 0.25) is 0 Å². The number of morpholine rings is 1. The Hall–Kier alpha value is -3.04. The van der Waals surface area contributed by atoms with Gasteiger partial charge in [-0.2, -0.15) is 4.98 Å². The first-order valence-electron chi connectivity index (χ1n) is 9.57. The second kappa shape index (κ2) is 9.19. The minimum absolute atomic E-state index is 0.265. The van der Waals surface area contributed by atoms with Crippen molar-refractivity contribution in [2.75, 3.05) is 45.4 Å². The number of hydrogen-bond donors (Lipinski definition) is 1. The average molecular weight is 429 g/mol. The van der Waals surface area contributed by atoms with E-state index in [1.54, 1.807) is 14.2 Å². The van der Waals surface area contributed by atoms with Crippen LogP contribution < -0.4 is 24.4 Å². The number of nitrogens with one attached hydrogen (secondary N) is 1. The third-order valence-corrected chi connectivity index (χ3v) is 5.79. The highest BCUT2D eigenvalue weighted by Gasteiger charge is 2.20. The number of carbonyl (C=O) groups excluding carboxylic acids is 1. The number of rotatable bonds is 6. The number of carbonyl (C=O) groups is 1. The van der Waals surface area contributed by atoms with Gasteiger partial charge in [-0.15, -0.1) is 0 Å². The number of hydrogen-bond acceptors (Lipinski definition) is 8. The summed E-state index contributed by atoms with van der Waals surface area (Å²) >= 11 is 1.32. The van der Waals surface area contributed by atoms with Crippen LogP contribution >= 0.6 is 11.3 Å². The summed E-state index contributed by atoms with van der Waals surface area (Å²) < 4.78 is 22.6. The van der Waals surface area contributed by atoms with Crippen molar-refractivity contribution in [2.24, 2.45) is 0 Å². The molecule has 2 aromatic carbocycles. The number of thiazole rings is 1. The zero-order valence-electron chi connectivity index (χ0n) is 16.8. The first-order valence-corrected chi connectivity index (χ1v) is 10.4. The van der Waals surface area contributed by atoms with E-state index in [0.717, 1.165) is 29.0 Å². The summed E-state index contributed by atoms with van der Waals surface area (Å²) in [7, 11) is 3.20. The third kappa shape index (κ3) is 4.27. The Morgan fingerprint density at radius 1 is 1.13 bits per heavy atom. The average Bonchev–Trinajstić information content (AvgIpc) is 3.21. The molecule has 0 spiro atoms. The number of ether oxygens (including phenoxy) is 4. The molecule has 0 saturated carbocycles. The van der Waals surface area contributed by atoms with E-state index >= 15 is 0 Å². The summed E-state index contributed by atoms with van der Waals surface area (Å²) in [6, 6.07) is 11.4. The van der Waals surface area contributed by atoms with Gasteiger partial charge >= 0.3 is 6.09 Å². The molecule has 1 aliphatic heterocycles. The zero-order valence-corrected chi connectivity index (χ0v) is 17.7. The van der Waals surface area contributed by atoms with Gasteiger partial charge in [0.25, 0.3) is 5.19 Å². The molecule has 0 atom stereocenters. The Kier molecular flexibility index (Phi) is 6.20. The largest absolute Gasteiger partial charge is 0.496 e. The van der Waals surface area contributed by atoms with E-state index in [1.165, 1.54) is 11.3 Å². The lowest BCUT2D eigenvalue weighted by Crippen LogP contribution is -2.36. The summed E-state index contributed by atoms with van der Waals surface area (Å²) in [4.78, 5) is 19.1. The maximum Gasteiger partial charge on any atom is 0.414 e. The van der Waals surface area contributed by atoms with Crippen molar-refractivity contribution in [3.63, 3.8) is 0 Å². The lowest BCUT2D eigenvalue weighted by molar-refractivity contribution is 0.123. The number of benzene rings is 2. The molecule has 1 aliphatic rings. The third-order valence-electron chi connectivity index (χ3n) is 4.83. The molecule has 1 amide bonds. The second-order valence-corrected chi connectivity index (χ2v) is 7.56. The Morgan fingerprint density at radius 3 is 2.67 bits per heavy atom. The van der Waals surface area contributed by atoms with E-state index < -0.39 is 6.09 Å². The Labute approximate surface area is 178 Å². The standard InChI is InChI=1S/C21H23N3O5S/c1-26-16-6-4-3-5-14(16)13-22-20(25)29-21-23-18-17(27-2)8-7-15(19(18)30-21)24-9-11-28-12-10-24/h3-8H,9-13H2,1-2H3,(H,22,25). The molecule has 1 fully saturated rings. The molecule has 1 aromatic heterocycles. The van der Waals surface area contributed by atoms with Crippen molar-refractivity contribution < 1.29 is 23.7 Å². The number of methoxy groups -OCH3 is 2. The lowest BCUT2D eigenvalue weighted by atomic mass is 10.2. The highest BCUT2D eigenvalue weighted by atomic mass is 32.1. The molecule has 0 bridgehead atoms. The van der Waals surface area contributed by atoms with Gasteiger partial charge in [-0.1, -0.05) is 29.5 Å². The fraction of sp³-hybridized carbons (Fsp3) is 0.333. The van der Waals surface area contributed by atoms with Crippen LogP contribution in [0.1, 0.15) is 5.56 Å². The molecule has 0 aliphatic carbocycles. The molecular weight excluding hydrogens is 406 g/mol. The fourth-order valence-corrected chi connectivity index (χ4v) is 4.32. The van der Waals surface area contributed by atoms with Crippen molar-refractivity contribution in [1.29, 1.82) is 0 Å². The van der Waals surface area contributed by atoms with Crippen LogP contribution in [0, 0.1) is 0 Å². The second-order valence-electron chi connectivity index (χ2n) is 6.60. The van der Waals surface area contributed by atoms with E-state index in [-0.39, 0.29) is 11.7 Å². The molecule has 0 radical (unpaired) electrons. The van der Waals surface area contributed by atoms with Gasteiger partial charge in [0.1, 0.15) is 17.0 Å². The summed E-state index contributed by atoms with van der Waals surface area (Å²) in [5.74, 6) is 1.35. The SMILES string of the molecule is COc1ccccc1CNC(=O)Oc1nc2c(OC)ccc(N3CCOCC3)c2s1. The first kappa shape index (κ1) is 20.2. The van der Waals surface area contributed by atoms with Crippen LogP contribution in [0.4, 0.5) is 10.5 Å². The van der Waals surface area contributed by atoms with Gasteiger partial charge in [0.15, 0.2) is 0 Å². The van der Waals surface area contributed by atoms with E-state index in [9.17, 15) is 4.79 Å². The van der Waals surface area contributed by atoms with Gasteiger partial charge < -0.3 is 29.2 Å². The summed E-state index contributed by atoms with van der Waals surface area (Å²) in [5.41, 5.74) is 2.58. The van der Waals surface area contributed by atoms with Gasteiger partial charge in [0, 0.05) is 25.2 Å². The molecule has 8 nitrogen and oxygen atoms in total. The number of para-hydroxylation sites is 1. The molecule has 30 heavy (non-hydrogen) atoms. The Morgan fingerprint density at radius 2 is 1.90 bits per heavy atom. The highest BCUT2D eigenvalue weighted by Crippen LogP contribution is 2.40. The van der Waals surface area contributed by atoms with E-state index in [1.807, 2.05) is 36.4 Å². The highest BCUT2D eigenvalue weighted by molar-refractivity contribution is 7.21. The van der Waals surface area contributed by atoms with Gasteiger partial charge in [-0.3, -0.25) is 0 Å². The molecule has 2 heterocycles. The molecule has 9 heteroatoms. The monoisotopic (exact) mass is 429 g/mol. The molecule has 1 N–H and O–H groups in total. The van der Waals surface area contributed by atoms with Gasteiger partial charge in [0.2, 0.25) is 0 Å². The van der Waals surface area contributed by atoms with Crippen molar-refractivity contribution in [3.05, 3.63) is 42.0 Å². The number of aromatic nitrogens is 1. The zero-order chi connectivity index (χ0) is 20.9. The van der Waals surface area contributed by atoms with Crippen molar-refractivity contribution >= 4 is 33.3 Å². The quantitative estimate of drug-likeness (QED) is 0.643. The van der Waals surface area contributed by atoms with Crippen LogP contribution in [-0.4, -0.2) is 51.6 Å². The number of anilines is 1. The van der Waals surface area contributed by atoms with Crippen LogP contribution in [0.25, 0.3) is 10.2 Å². The Bertz CT molecular complexity index is 1030. The van der Waals surface area contributed by atoms with Gasteiger partial charge in [0.05, 0.1) is 37.8 Å². The maximum absolute atomic E-state index is 12.3. The topological polar surface area (TPSA) is 82.2 Å². The van der Waals surface area contributed by atoms with Crippen LogP contribution in [0.15, 0.2) is 36.4 Å². The van der Waals surface area contributed by atoms with Crippen LogP contribution in [0.3, 0.4) is 0 Å². The Balaban J connectivity index is 1.51. The van der Waals surface area contributed by atoms with E-state index in [4.69, 9.17) is 18.9 Å². The van der Waals surface area contributed by atoms with Crippen molar-refractivity contribution in [1.82, 2.24) is 10.3 Å². The minimum atomic E-state index is -0.577. The molecule has 3 aromatic rings. The van der Waals surface area contributed by atoms with Crippen molar-refractivity contribution in [2.45, 2.75) is 6.54 Å². The first-order chi connectivity index (χ1) is 14.7. The normalized spacial score (nSPS) is 13.9. The smallest absolute Gasteiger partial charge is 0.414 e. The maximum atomic E-state index is 12.3. The van der Waals surface area contributed by atoms with Gasteiger partial charge in [-0.25, -0.2) is 4.79 Å². The fourth-order valence-electron chi connectivity index (χ4n) is 3.34. The number of amides is 1. The predicted molar refractivity (Wildman–Crippen MR) is 115 cm³/mol.